The summed E-state index contributed by atoms with van der Waals surface area (Å²) in [6, 6.07) is 17.6. The first-order chi connectivity index (χ1) is 16.9. The number of anilines is 2. The smallest absolute Gasteiger partial charge is 0.410 e. The molecule has 35 heavy (non-hydrogen) atoms. The number of methoxy groups -OCH3 is 1. The van der Waals surface area contributed by atoms with E-state index in [4.69, 9.17) is 15.2 Å². The van der Waals surface area contributed by atoms with Crippen LogP contribution in [0.5, 0.6) is 0 Å². The molecule has 184 valence electrons. The Labute approximate surface area is 206 Å². The molecule has 1 unspecified atom stereocenters. The van der Waals surface area contributed by atoms with Crippen molar-refractivity contribution in [3.63, 3.8) is 0 Å². The van der Waals surface area contributed by atoms with Crippen LogP contribution in [0.3, 0.4) is 0 Å². The lowest BCUT2D eigenvalue weighted by Crippen LogP contribution is -2.37. The minimum Gasteiger partial charge on any atom is -0.441 e. The molecule has 2 atom stereocenters. The minimum absolute atomic E-state index is 0.236. The molecule has 8 nitrogen and oxygen atoms in total. The number of aromatic nitrogens is 1. The maximum absolute atomic E-state index is 13.2. The fourth-order valence-electron chi connectivity index (χ4n) is 3.67. The molecule has 2 amide bonds. The number of ether oxygens (including phenoxy) is 2. The second-order valence-electron chi connectivity index (χ2n) is 8.09. The third-order valence-electron chi connectivity index (χ3n) is 5.77. The van der Waals surface area contributed by atoms with E-state index in [1.165, 1.54) is 0 Å². The van der Waals surface area contributed by atoms with Gasteiger partial charge in [0.15, 0.2) is 0 Å². The average molecular weight is 477 g/mol. The lowest BCUT2D eigenvalue weighted by Gasteiger charge is -2.30. The number of carbonyl (C=O) groups excluding carboxylic acids is 2. The van der Waals surface area contributed by atoms with Crippen molar-refractivity contribution < 1.29 is 19.1 Å². The zero-order valence-corrected chi connectivity index (χ0v) is 20.3. The SMILES string of the molecule is CC[C@H](OC(=O)N(CCOC)C(C)c1cccnc1)c1ccc(C(=O)Nc2ccccc2N)cc1. The van der Waals surface area contributed by atoms with Crippen LogP contribution in [-0.2, 0) is 9.47 Å². The van der Waals surface area contributed by atoms with E-state index < -0.39 is 12.2 Å². The summed E-state index contributed by atoms with van der Waals surface area (Å²) in [6.45, 7) is 4.64. The van der Waals surface area contributed by atoms with Crippen LogP contribution in [-0.4, -0.2) is 42.1 Å². The van der Waals surface area contributed by atoms with Crippen LogP contribution < -0.4 is 11.1 Å². The van der Waals surface area contributed by atoms with Crippen molar-refractivity contribution in [1.82, 2.24) is 9.88 Å². The maximum atomic E-state index is 13.2. The highest BCUT2D eigenvalue weighted by Gasteiger charge is 2.26. The Morgan fingerprint density at radius 1 is 1.06 bits per heavy atom. The molecule has 0 aliphatic carbocycles. The average Bonchev–Trinajstić information content (AvgIpc) is 2.89. The van der Waals surface area contributed by atoms with Gasteiger partial charge in [0.2, 0.25) is 0 Å². The first kappa shape index (κ1) is 25.7. The molecule has 8 heteroatoms. The van der Waals surface area contributed by atoms with Gasteiger partial charge >= 0.3 is 6.09 Å². The highest BCUT2D eigenvalue weighted by atomic mass is 16.6. The summed E-state index contributed by atoms with van der Waals surface area (Å²) in [5, 5.41) is 2.81. The molecule has 1 aromatic heterocycles. The lowest BCUT2D eigenvalue weighted by atomic mass is 10.0. The van der Waals surface area contributed by atoms with Crippen molar-refractivity contribution in [3.8, 4) is 0 Å². The van der Waals surface area contributed by atoms with E-state index >= 15 is 0 Å². The summed E-state index contributed by atoms with van der Waals surface area (Å²) in [5.41, 5.74) is 9.15. The zero-order valence-electron chi connectivity index (χ0n) is 20.3. The summed E-state index contributed by atoms with van der Waals surface area (Å²) in [5.74, 6) is -0.268. The zero-order chi connectivity index (χ0) is 25.2. The monoisotopic (exact) mass is 476 g/mol. The topological polar surface area (TPSA) is 107 Å². The molecule has 0 fully saturated rings. The molecule has 0 aliphatic heterocycles. The fraction of sp³-hybridized carbons (Fsp3) is 0.296. The van der Waals surface area contributed by atoms with Gasteiger partial charge < -0.3 is 20.5 Å². The molecule has 0 saturated heterocycles. The van der Waals surface area contributed by atoms with Gasteiger partial charge in [0, 0.05) is 31.6 Å². The van der Waals surface area contributed by atoms with Crippen LogP contribution in [0.1, 0.15) is 53.9 Å². The predicted molar refractivity (Wildman–Crippen MR) is 136 cm³/mol. The van der Waals surface area contributed by atoms with Gasteiger partial charge in [-0.25, -0.2) is 4.79 Å². The van der Waals surface area contributed by atoms with Gasteiger partial charge in [0.1, 0.15) is 6.10 Å². The molecule has 0 saturated carbocycles. The van der Waals surface area contributed by atoms with Crippen molar-refractivity contribution >= 4 is 23.4 Å². The standard InChI is InChI=1S/C27H32N4O4/c1-4-25(35-27(33)31(16-17-34-3)19(2)22-8-7-15-29-18-22)20-11-13-21(14-12-20)26(32)30-24-10-6-5-9-23(24)28/h5-15,18-19,25H,4,16-17,28H2,1-3H3,(H,30,32)/t19?,25-/m0/s1. The van der Waals surface area contributed by atoms with E-state index in [-0.39, 0.29) is 11.9 Å². The van der Waals surface area contributed by atoms with E-state index in [1.54, 1.807) is 72.9 Å². The number of amides is 2. The van der Waals surface area contributed by atoms with Crippen molar-refractivity contribution in [2.45, 2.75) is 32.4 Å². The van der Waals surface area contributed by atoms with E-state index in [2.05, 4.69) is 10.3 Å². The normalized spacial score (nSPS) is 12.4. The molecule has 0 spiro atoms. The van der Waals surface area contributed by atoms with Crippen molar-refractivity contribution in [3.05, 3.63) is 89.7 Å². The quantitative estimate of drug-likeness (QED) is 0.389. The molecule has 0 radical (unpaired) electrons. The number of hydrogen-bond donors (Lipinski definition) is 2. The second-order valence-corrected chi connectivity index (χ2v) is 8.09. The first-order valence-corrected chi connectivity index (χ1v) is 11.6. The molecule has 2 aromatic carbocycles. The molecular formula is C27H32N4O4. The van der Waals surface area contributed by atoms with Gasteiger partial charge in [-0.05, 0) is 54.8 Å². The molecule has 3 N–H and O–H groups in total. The summed E-state index contributed by atoms with van der Waals surface area (Å²) in [6.07, 6.45) is 3.11. The van der Waals surface area contributed by atoms with Gasteiger partial charge in [-0.3, -0.25) is 14.7 Å². The number of nitrogens with two attached hydrogens (primary N) is 1. The summed E-state index contributed by atoms with van der Waals surface area (Å²) in [7, 11) is 1.59. The van der Waals surface area contributed by atoms with Crippen LogP contribution in [0.4, 0.5) is 16.2 Å². The van der Waals surface area contributed by atoms with Crippen molar-refractivity contribution in [2.24, 2.45) is 0 Å². The number of benzene rings is 2. The number of hydrogen-bond acceptors (Lipinski definition) is 6. The number of nitrogens with zero attached hydrogens (tertiary/aromatic N) is 2. The largest absolute Gasteiger partial charge is 0.441 e. The van der Waals surface area contributed by atoms with Crippen LogP contribution in [0.25, 0.3) is 0 Å². The van der Waals surface area contributed by atoms with Crippen LogP contribution in [0.15, 0.2) is 73.1 Å². The van der Waals surface area contributed by atoms with Gasteiger partial charge in [-0.1, -0.05) is 37.3 Å². The highest BCUT2D eigenvalue weighted by Crippen LogP contribution is 2.26. The summed E-state index contributed by atoms with van der Waals surface area (Å²) in [4.78, 5) is 31.6. The summed E-state index contributed by atoms with van der Waals surface area (Å²) < 4.78 is 11.1. The van der Waals surface area contributed by atoms with E-state index in [0.29, 0.717) is 36.5 Å². The molecular weight excluding hydrogens is 444 g/mol. The van der Waals surface area contributed by atoms with E-state index in [9.17, 15) is 9.59 Å². The van der Waals surface area contributed by atoms with Crippen molar-refractivity contribution in [1.29, 1.82) is 0 Å². The third kappa shape index (κ3) is 6.80. The third-order valence-corrected chi connectivity index (χ3v) is 5.77. The number of carbonyl (C=O) groups is 2. The second kappa shape index (κ2) is 12.5. The van der Waals surface area contributed by atoms with E-state index in [0.717, 1.165) is 11.1 Å². The number of para-hydroxylation sites is 2. The van der Waals surface area contributed by atoms with Gasteiger partial charge in [-0.2, -0.15) is 0 Å². The Balaban J connectivity index is 1.70. The number of pyridine rings is 1. The first-order valence-electron chi connectivity index (χ1n) is 11.6. The Kier molecular flexibility index (Phi) is 9.20. The van der Waals surface area contributed by atoms with Crippen LogP contribution in [0, 0.1) is 0 Å². The molecule has 0 bridgehead atoms. The Hall–Kier alpha value is -3.91. The Morgan fingerprint density at radius 2 is 1.80 bits per heavy atom. The molecule has 3 rings (SSSR count). The van der Waals surface area contributed by atoms with Gasteiger partial charge in [0.25, 0.3) is 5.91 Å². The van der Waals surface area contributed by atoms with Gasteiger partial charge in [0.05, 0.1) is 24.0 Å². The fourth-order valence-corrected chi connectivity index (χ4v) is 3.67. The summed E-state index contributed by atoms with van der Waals surface area (Å²) >= 11 is 0. The Bertz CT molecular complexity index is 1110. The number of nitrogen functional groups attached to an aromatic ring is 1. The van der Waals surface area contributed by atoms with E-state index in [1.807, 2.05) is 26.0 Å². The molecule has 0 aliphatic rings. The molecule has 1 heterocycles. The highest BCUT2D eigenvalue weighted by molar-refractivity contribution is 6.05. The number of rotatable bonds is 10. The minimum atomic E-state index is -0.462. The molecule has 3 aromatic rings. The maximum Gasteiger partial charge on any atom is 0.410 e. The van der Waals surface area contributed by atoms with Crippen LogP contribution >= 0.6 is 0 Å². The van der Waals surface area contributed by atoms with Crippen molar-refractivity contribution in [2.75, 3.05) is 31.3 Å². The van der Waals surface area contributed by atoms with Gasteiger partial charge in [-0.15, -0.1) is 0 Å². The number of nitrogens with one attached hydrogen (secondary N) is 1. The Morgan fingerprint density at radius 3 is 2.43 bits per heavy atom. The predicted octanol–water partition coefficient (Wildman–Crippen LogP) is 5.21. The van der Waals surface area contributed by atoms with Crippen LogP contribution in [0.2, 0.25) is 0 Å². The lowest BCUT2D eigenvalue weighted by molar-refractivity contribution is 0.0410.